The number of carbonyl (C=O) groups excluding carboxylic acids is 1. The molecule has 7 nitrogen and oxygen atoms in total. The molecule has 4 rings (SSSR count). The fraction of sp³-hybridized carbons (Fsp3) is 0.450. The lowest BCUT2D eigenvalue weighted by atomic mass is 9.49. The molecule has 0 bridgehead atoms. The summed E-state index contributed by atoms with van der Waals surface area (Å²) in [4.78, 5) is 27.2. The smallest absolute Gasteiger partial charge is 0.257 e. The molecule has 3 heterocycles. The molecular formula is C20H20BrN5O2. The van der Waals surface area contributed by atoms with E-state index in [0.29, 0.717) is 28.0 Å². The average molecular weight is 442 g/mol. The van der Waals surface area contributed by atoms with Gasteiger partial charge in [-0.15, -0.1) is 0 Å². The van der Waals surface area contributed by atoms with Crippen LogP contribution in [-0.2, 0) is 6.54 Å². The molecule has 0 unspecified atom stereocenters. The van der Waals surface area contributed by atoms with Crippen molar-refractivity contribution >= 4 is 21.8 Å². The van der Waals surface area contributed by atoms with Crippen molar-refractivity contribution in [2.24, 2.45) is 10.8 Å². The SMILES string of the molecule is CC1(C)[C@H](Oc2cnc(C#N)c(Br)c2)C(C)(C)[C@H]1N1Cc2ncncc2C1=O. The van der Waals surface area contributed by atoms with Crippen molar-refractivity contribution in [3.05, 3.63) is 46.2 Å². The molecule has 1 amide bonds. The van der Waals surface area contributed by atoms with Crippen molar-refractivity contribution in [1.29, 1.82) is 5.26 Å². The van der Waals surface area contributed by atoms with Crippen LogP contribution in [0.3, 0.4) is 0 Å². The largest absolute Gasteiger partial charge is 0.487 e. The average Bonchev–Trinajstić information content (AvgIpc) is 2.95. The maximum atomic E-state index is 12.9. The van der Waals surface area contributed by atoms with Gasteiger partial charge in [-0.3, -0.25) is 4.79 Å². The first-order valence-electron chi connectivity index (χ1n) is 9.00. The summed E-state index contributed by atoms with van der Waals surface area (Å²) in [6.45, 7) is 8.94. The number of ether oxygens (including phenoxy) is 1. The third-order valence-electron chi connectivity index (χ3n) is 5.85. The number of fused-ring (bicyclic) bond motifs is 1. The molecule has 0 aromatic carbocycles. The predicted molar refractivity (Wildman–Crippen MR) is 104 cm³/mol. The highest BCUT2D eigenvalue weighted by molar-refractivity contribution is 9.10. The summed E-state index contributed by atoms with van der Waals surface area (Å²) in [7, 11) is 0. The van der Waals surface area contributed by atoms with E-state index in [0.717, 1.165) is 5.69 Å². The van der Waals surface area contributed by atoms with E-state index in [1.807, 2.05) is 11.0 Å². The van der Waals surface area contributed by atoms with Crippen LogP contribution in [-0.4, -0.2) is 37.9 Å². The first-order valence-corrected chi connectivity index (χ1v) is 9.79. The maximum absolute atomic E-state index is 12.9. The molecule has 1 aliphatic heterocycles. The Morgan fingerprint density at radius 1 is 1.25 bits per heavy atom. The molecule has 144 valence electrons. The van der Waals surface area contributed by atoms with Gasteiger partial charge >= 0.3 is 0 Å². The maximum Gasteiger partial charge on any atom is 0.257 e. The highest BCUT2D eigenvalue weighted by atomic mass is 79.9. The van der Waals surface area contributed by atoms with Crippen LogP contribution in [0.4, 0.5) is 0 Å². The Labute approximate surface area is 171 Å². The number of carbonyl (C=O) groups is 1. The Morgan fingerprint density at radius 2 is 1.96 bits per heavy atom. The molecule has 8 heteroatoms. The van der Waals surface area contributed by atoms with Crippen molar-refractivity contribution in [2.45, 2.75) is 46.4 Å². The first kappa shape index (κ1) is 18.8. The predicted octanol–water partition coefficient (Wildman–Crippen LogP) is 3.34. The van der Waals surface area contributed by atoms with Gasteiger partial charge < -0.3 is 9.64 Å². The van der Waals surface area contributed by atoms with E-state index in [1.165, 1.54) is 6.33 Å². The number of aromatic nitrogens is 3. The Morgan fingerprint density at radius 3 is 2.57 bits per heavy atom. The zero-order valence-electron chi connectivity index (χ0n) is 16.1. The van der Waals surface area contributed by atoms with Gasteiger partial charge in [0.2, 0.25) is 0 Å². The minimum absolute atomic E-state index is 0.0125. The third kappa shape index (κ3) is 2.60. The van der Waals surface area contributed by atoms with Crippen LogP contribution in [0, 0.1) is 22.2 Å². The summed E-state index contributed by atoms with van der Waals surface area (Å²) in [6.07, 6.45) is 4.51. The number of amides is 1. The number of nitriles is 1. The van der Waals surface area contributed by atoms with E-state index in [4.69, 9.17) is 10.00 Å². The van der Waals surface area contributed by atoms with E-state index < -0.39 is 0 Å². The topological polar surface area (TPSA) is 92.0 Å². The Bertz CT molecular complexity index is 998. The minimum Gasteiger partial charge on any atom is -0.487 e. The van der Waals surface area contributed by atoms with Gasteiger partial charge in [0.1, 0.15) is 24.3 Å². The summed E-state index contributed by atoms with van der Waals surface area (Å²) < 4.78 is 6.90. The second-order valence-corrected chi connectivity index (χ2v) is 9.33. The zero-order valence-corrected chi connectivity index (χ0v) is 17.7. The van der Waals surface area contributed by atoms with Crippen LogP contribution in [0.15, 0.2) is 29.3 Å². The number of hydrogen-bond acceptors (Lipinski definition) is 6. The van der Waals surface area contributed by atoms with Gasteiger partial charge in [0.15, 0.2) is 5.69 Å². The monoisotopic (exact) mass is 441 g/mol. The van der Waals surface area contributed by atoms with Crippen LogP contribution in [0.25, 0.3) is 0 Å². The second kappa shape index (κ2) is 6.24. The molecular weight excluding hydrogens is 422 g/mol. The van der Waals surface area contributed by atoms with Crippen LogP contribution >= 0.6 is 15.9 Å². The van der Waals surface area contributed by atoms with Crippen LogP contribution in [0.5, 0.6) is 5.75 Å². The van der Waals surface area contributed by atoms with Gasteiger partial charge in [0.25, 0.3) is 5.91 Å². The zero-order chi connectivity index (χ0) is 20.3. The lowest BCUT2D eigenvalue weighted by molar-refractivity contribution is -0.199. The number of nitrogens with zero attached hydrogens (tertiary/aromatic N) is 5. The van der Waals surface area contributed by atoms with Gasteiger partial charge in [0, 0.05) is 23.1 Å². The molecule has 0 atom stereocenters. The molecule has 0 radical (unpaired) electrons. The van der Waals surface area contributed by atoms with Crippen LogP contribution in [0.1, 0.15) is 49.4 Å². The number of rotatable bonds is 3. The summed E-state index contributed by atoms with van der Waals surface area (Å²) in [5, 5.41) is 9.04. The summed E-state index contributed by atoms with van der Waals surface area (Å²) in [5.41, 5.74) is 1.11. The molecule has 1 aliphatic carbocycles. The fourth-order valence-corrected chi connectivity index (χ4v) is 5.59. The van der Waals surface area contributed by atoms with Gasteiger partial charge in [-0.05, 0) is 22.0 Å². The lowest BCUT2D eigenvalue weighted by Crippen LogP contribution is -2.74. The Kier molecular flexibility index (Phi) is 4.19. The van der Waals surface area contributed by atoms with Crippen molar-refractivity contribution in [3.63, 3.8) is 0 Å². The molecule has 28 heavy (non-hydrogen) atoms. The summed E-state index contributed by atoms with van der Waals surface area (Å²) >= 11 is 3.35. The quantitative estimate of drug-likeness (QED) is 0.724. The molecule has 0 N–H and O–H groups in total. The number of halogens is 1. The number of hydrogen-bond donors (Lipinski definition) is 0. The minimum atomic E-state index is -0.283. The number of pyridine rings is 1. The highest BCUT2D eigenvalue weighted by Crippen LogP contribution is 2.58. The second-order valence-electron chi connectivity index (χ2n) is 8.47. The molecule has 1 saturated carbocycles. The van der Waals surface area contributed by atoms with Crippen molar-refractivity contribution < 1.29 is 9.53 Å². The molecule has 2 aromatic rings. The highest BCUT2D eigenvalue weighted by Gasteiger charge is 2.67. The van der Waals surface area contributed by atoms with E-state index in [1.54, 1.807) is 18.5 Å². The lowest BCUT2D eigenvalue weighted by Gasteiger charge is -2.65. The van der Waals surface area contributed by atoms with Crippen LogP contribution < -0.4 is 4.74 Å². The molecule has 2 aromatic heterocycles. The Balaban J connectivity index is 1.60. The molecule has 1 fully saturated rings. The van der Waals surface area contributed by atoms with Crippen molar-refractivity contribution in [1.82, 2.24) is 19.9 Å². The summed E-state index contributed by atoms with van der Waals surface area (Å²) in [5.74, 6) is 0.570. The van der Waals surface area contributed by atoms with Gasteiger partial charge in [-0.25, -0.2) is 15.0 Å². The standard InChI is InChI=1S/C20H20BrN5O2/c1-19(2)17(26-9-15-12(16(26)27)8-23-10-25-15)20(3,4)18(19)28-11-5-13(21)14(6-22)24-7-11/h5,7-8,10,17-18H,9H2,1-4H3/t17-,18-. The Hall–Kier alpha value is -2.53. The normalized spacial score (nSPS) is 24.3. The van der Waals surface area contributed by atoms with Gasteiger partial charge in [-0.1, -0.05) is 27.7 Å². The molecule has 0 spiro atoms. The molecule has 2 aliphatic rings. The van der Waals surface area contributed by atoms with Gasteiger partial charge in [0.05, 0.1) is 28.5 Å². The van der Waals surface area contributed by atoms with Gasteiger partial charge in [-0.2, -0.15) is 5.26 Å². The van der Waals surface area contributed by atoms with Crippen molar-refractivity contribution in [2.75, 3.05) is 0 Å². The fourth-order valence-electron chi connectivity index (χ4n) is 5.17. The molecule has 0 saturated heterocycles. The first-order chi connectivity index (χ1) is 13.2. The van der Waals surface area contributed by atoms with Crippen LogP contribution in [0.2, 0.25) is 0 Å². The van der Waals surface area contributed by atoms with Crippen molar-refractivity contribution in [3.8, 4) is 11.8 Å². The van der Waals surface area contributed by atoms with E-state index in [-0.39, 0.29) is 28.9 Å². The third-order valence-corrected chi connectivity index (χ3v) is 6.46. The van der Waals surface area contributed by atoms with E-state index >= 15 is 0 Å². The summed E-state index contributed by atoms with van der Waals surface area (Å²) in [6, 6.07) is 3.77. The van der Waals surface area contributed by atoms with E-state index in [2.05, 4.69) is 58.6 Å². The van der Waals surface area contributed by atoms with E-state index in [9.17, 15) is 4.79 Å².